The van der Waals surface area contributed by atoms with Gasteiger partial charge in [0.05, 0.1) is 19.8 Å². The van der Waals surface area contributed by atoms with Gasteiger partial charge in [0.2, 0.25) is 0 Å². The van der Waals surface area contributed by atoms with Gasteiger partial charge in [0, 0.05) is 49.5 Å². The maximum Gasteiger partial charge on any atom is 0.335 e. The van der Waals surface area contributed by atoms with Gasteiger partial charge in [-0.3, -0.25) is 4.90 Å². The van der Waals surface area contributed by atoms with Crippen LogP contribution in [-0.2, 0) is 0 Å². The van der Waals surface area contributed by atoms with Gasteiger partial charge in [-0.2, -0.15) is 0 Å². The SMILES string of the molecule is COc1ccc(C(C)N2CCN(c3cccc(C(=O)O)c3)CC2)c(OC)c1. The molecule has 6 nitrogen and oxygen atoms in total. The molecule has 0 radical (unpaired) electrons. The van der Waals surface area contributed by atoms with Crippen LogP contribution in [0.25, 0.3) is 0 Å². The first-order valence-electron chi connectivity index (χ1n) is 9.07. The zero-order valence-corrected chi connectivity index (χ0v) is 16.0. The van der Waals surface area contributed by atoms with E-state index in [9.17, 15) is 9.90 Å². The van der Waals surface area contributed by atoms with E-state index in [4.69, 9.17) is 9.47 Å². The van der Waals surface area contributed by atoms with Crippen molar-refractivity contribution in [3.8, 4) is 11.5 Å². The zero-order valence-electron chi connectivity index (χ0n) is 16.0. The lowest BCUT2D eigenvalue weighted by atomic mass is 10.0. The number of aromatic carboxylic acids is 1. The van der Waals surface area contributed by atoms with Crippen molar-refractivity contribution >= 4 is 11.7 Å². The number of carboxylic acids is 1. The largest absolute Gasteiger partial charge is 0.497 e. The maximum absolute atomic E-state index is 11.2. The molecule has 1 aliphatic heterocycles. The number of ether oxygens (including phenoxy) is 2. The number of nitrogens with zero attached hydrogens (tertiary/aromatic N) is 2. The normalized spacial score (nSPS) is 16.0. The van der Waals surface area contributed by atoms with Crippen LogP contribution in [-0.4, -0.2) is 56.4 Å². The van der Waals surface area contributed by atoms with E-state index in [1.54, 1.807) is 32.4 Å². The molecule has 0 spiro atoms. The van der Waals surface area contributed by atoms with Crippen LogP contribution < -0.4 is 14.4 Å². The molecule has 2 aromatic carbocycles. The van der Waals surface area contributed by atoms with Crippen molar-refractivity contribution in [2.24, 2.45) is 0 Å². The second-order valence-electron chi connectivity index (χ2n) is 6.66. The third kappa shape index (κ3) is 4.17. The first-order chi connectivity index (χ1) is 13.0. The molecule has 1 heterocycles. The van der Waals surface area contributed by atoms with E-state index < -0.39 is 5.97 Å². The van der Waals surface area contributed by atoms with Crippen molar-refractivity contribution < 1.29 is 19.4 Å². The van der Waals surface area contributed by atoms with Gasteiger partial charge in [-0.25, -0.2) is 4.79 Å². The number of piperazine rings is 1. The summed E-state index contributed by atoms with van der Waals surface area (Å²) in [6.07, 6.45) is 0. The van der Waals surface area contributed by atoms with Crippen molar-refractivity contribution in [1.29, 1.82) is 0 Å². The first kappa shape index (κ1) is 19.0. The lowest BCUT2D eigenvalue weighted by Crippen LogP contribution is -2.47. The van der Waals surface area contributed by atoms with E-state index in [0.717, 1.165) is 48.9 Å². The molecule has 3 rings (SSSR count). The number of benzene rings is 2. The van der Waals surface area contributed by atoms with Crippen molar-refractivity contribution in [2.75, 3.05) is 45.3 Å². The number of rotatable bonds is 6. The van der Waals surface area contributed by atoms with Crippen LogP contribution in [0.2, 0.25) is 0 Å². The average molecular weight is 370 g/mol. The second-order valence-corrected chi connectivity index (χ2v) is 6.66. The molecule has 1 fully saturated rings. The van der Waals surface area contributed by atoms with E-state index in [1.165, 1.54) is 0 Å². The highest BCUT2D eigenvalue weighted by Crippen LogP contribution is 2.33. The van der Waals surface area contributed by atoms with Crippen LogP contribution >= 0.6 is 0 Å². The molecule has 0 bridgehead atoms. The highest BCUT2D eigenvalue weighted by Gasteiger charge is 2.24. The summed E-state index contributed by atoms with van der Waals surface area (Å²) >= 11 is 0. The molecule has 1 atom stereocenters. The zero-order chi connectivity index (χ0) is 19.4. The highest BCUT2D eigenvalue weighted by atomic mass is 16.5. The minimum Gasteiger partial charge on any atom is -0.497 e. The van der Waals surface area contributed by atoms with Gasteiger partial charge < -0.3 is 19.5 Å². The third-order valence-corrected chi connectivity index (χ3v) is 5.21. The third-order valence-electron chi connectivity index (χ3n) is 5.21. The predicted octanol–water partition coefficient (Wildman–Crippen LogP) is 3.29. The fourth-order valence-electron chi connectivity index (χ4n) is 3.56. The molecule has 2 aromatic rings. The molecule has 144 valence electrons. The summed E-state index contributed by atoms with van der Waals surface area (Å²) in [6.45, 7) is 5.68. The Morgan fingerprint density at radius 3 is 2.41 bits per heavy atom. The lowest BCUT2D eigenvalue weighted by molar-refractivity contribution is 0.0697. The molecule has 1 N–H and O–H groups in total. The van der Waals surface area contributed by atoms with Gasteiger partial charge in [0.25, 0.3) is 0 Å². The summed E-state index contributed by atoms with van der Waals surface area (Å²) in [6, 6.07) is 13.3. The quantitative estimate of drug-likeness (QED) is 0.842. The molecule has 0 aromatic heterocycles. The van der Waals surface area contributed by atoms with Gasteiger partial charge in [-0.15, -0.1) is 0 Å². The topological polar surface area (TPSA) is 62.2 Å². The van der Waals surface area contributed by atoms with Gasteiger partial charge in [0.15, 0.2) is 0 Å². The molecule has 1 unspecified atom stereocenters. The maximum atomic E-state index is 11.2. The Kier molecular flexibility index (Phi) is 5.86. The first-order valence-corrected chi connectivity index (χ1v) is 9.07. The van der Waals surface area contributed by atoms with Crippen LogP contribution in [0.3, 0.4) is 0 Å². The highest BCUT2D eigenvalue weighted by molar-refractivity contribution is 5.88. The van der Waals surface area contributed by atoms with Crippen molar-refractivity contribution in [1.82, 2.24) is 4.90 Å². The van der Waals surface area contributed by atoms with Crippen molar-refractivity contribution in [3.63, 3.8) is 0 Å². The molecule has 0 aliphatic carbocycles. The van der Waals surface area contributed by atoms with E-state index >= 15 is 0 Å². The van der Waals surface area contributed by atoms with Crippen molar-refractivity contribution in [3.05, 3.63) is 53.6 Å². The second kappa shape index (κ2) is 8.31. The Morgan fingerprint density at radius 2 is 1.78 bits per heavy atom. The Labute approximate surface area is 159 Å². The van der Waals surface area contributed by atoms with Crippen molar-refractivity contribution in [2.45, 2.75) is 13.0 Å². The molecular formula is C21H26N2O4. The lowest BCUT2D eigenvalue weighted by Gasteiger charge is -2.39. The Morgan fingerprint density at radius 1 is 1.04 bits per heavy atom. The van der Waals surface area contributed by atoms with Crippen LogP contribution in [0.4, 0.5) is 5.69 Å². The number of hydrogen-bond acceptors (Lipinski definition) is 5. The Balaban J connectivity index is 1.68. The summed E-state index contributed by atoms with van der Waals surface area (Å²) in [7, 11) is 3.33. The summed E-state index contributed by atoms with van der Waals surface area (Å²) in [4.78, 5) is 15.8. The van der Waals surface area contributed by atoms with Gasteiger partial charge in [-0.05, 0) is 31.2 Å². The summed E-state index contributed by atoms with van der Waals surface area (Å²) in [5.74, 6) is 0.722. The number of methoxy groups -OCH3 is 2. The van der Waals surface area contributed by atoms with Gasteiger partial charge in [-0.1, -0.05) is 12.1 Å². The fraction of sp³-hybridized carbons (Fsp3) is 0.381. The standard InChI is InChI=1S/C21H26N2O4/c1-15(19-8-7-18(26-2)14-20(19)27-3)22-9-11-23(12-10-22)17-6-4-5-16(13-17)21(24)25/h4-8,13-15H,9-12H2,1-3H3,(H,24,25). The summed E-state index contributed by atoms with van der Waals surface area (Å²) in [5, 5.41) is 9.19. The molecule has 6 heteroatoms. The van der Waals surface area contributed by atoms with Crippen LogP contribution in [0.15, 0.2) is 42.5 Å². The van der Waals surface area contributed by atoms with E-state index in [0.29, 0.717) is 5.56 Å². The monoisotopic (exact) mass is 370 g/mol. The fourth-order valence-corrected chi connectivity index (χ4v) is 3.56. The Bertz CT molecular complexity index is 801. The number of hydrogen-bond donors (Lipinski definition) is 1. The predicted molar refractivity (Wildman–Crippen MR) is 105 cm³/mol. The molecule has 1 saturated heterocycles. The van der Waals surface area contributed by atoms with E-state index in [-0.39, 0.29) is 6.04 Å². The smallest absolute Gasteiger partial charge is 0.335 e. The van der Waals surface area contributed by atoms with Gasteiger partial charge in [0.1, 0.15) is 11.5 Å². The molecule has 0 amide bonds. The van der Waals surface area contributed by atoms with E-state index in [1.807, 2.05) is 18.2 Å². The summed E-state index contributed by atoms with van der Waals surface area (Å²) < 4.78 is 10.8. The number of carboxylic acid groups (broad SMARTS) is 1. The van der Waals surface area contributed by atoms with Gasteiger partial charge >= 0.3 is 5.97 Å². The minimum absolute atomic E-state index is 0.221. The average Bonchev–Trinajstić information content (AvgIpc) is 2.73. The molecule has 0 saturated carbocycles. The molecular weight excluding hydrogens is 344 g/mol. The van der Waals surface area contributed by atoms with E-state index in [2.05, 4.69) is 22.8 Å². The minimum atomic E-state index is -0.893. The molecule has 27 heavy (non-hydrogen) atoms. The van der Waals surface area contributed by atoms with Crippen LogP contribution in [0, 0.1) is 0 Å². The number of carbonyl (C=O) groups is 1. The van der Waals surface area contributed by atoms with Crippen LogP contribution in [0.1, 0.15) is 28.9 Å². The molecule has 1 aliphatic rings. The van der Waals surface area contributed by atoms with Crippen LogP contribution in [0.5, 0.6) is 11.5 Å². The number of anilines is 1. The summed E-state index contributed by atoms with van der Waals surface area (Å²) in [5.41, 5.74) is 2.43. The Hall–Kier alpha value is -2.73.